The number of hydrogen-bond donors (Lipinski definition) is 4. The van der Waals surface area contributed by atoms with Crippen molar-refractivity contribution in [1.82, 2.24) is 24.2 Å². The lowest BCUT2D eigenvalue weighted by atomic mass is 10.0. The molecule has 250 valence electrons. The number of fused-ring (bicyclic) bond motifs is 1. The van der Waals surface area contributed by atoms with Crippen LogP contribution in [0.5, 0.6) is 0 Å². The van der Waals surface area contributed by atoms with Crippen LogP contribution >= 0.6 is 0 Å². The van der Waals surface area contributed by atoms with E-state index in [1.807, 2.05) is 4.72 Å². The summed E-state index contributed by atoms with van der Waals surface area (Å²) in [4.78, 5) is 24.2. The molecule has 14 heteroatoms. The second-order valence-corrected chi connectivity index (χ2v) is 13.1. The van der Waals surface area contributed by atoms with Crippen molar-refractivity contribution in [2.45, 2.75) is 147 Å². The summed E-state index contributed by atoms with van der Waals surface area (Å²) in [6.45, 7) is 1.64. The molecule has 1 fully saturated rings. The molecule has 2 aromatic rings. The number of amides is 1. The van der Waals surface area contributed by atoms with Gasteiger partial charge in [-0.2, -0.15) is 8.42 Å². The largest absolute Gasteiger partial charge is 0.387 e. The van der Waals surface area contributed by atoms with Crippen molar-refractivity contribution in [2.75, 3.05) is 12.3 Å². The van der Waals surface area contributed by atoms with Crippen molar-refractivity contribution in [1.29, 1.82) is 0 Å². The first-order chi connectivity index (χ1) is 21.2. The van der Waals surface area contributed by atoms with Gasteiger partial charge in [0, 0.05) is 6.42 Å². The lowest BCUT2D eigenvalue weighted by molar-refractivity contribution is -0.119. The van der Waals surface area contributed by atoms with Gasteiger partial charge in [-0.3, -0.25) is 13.5 Å². The predicted molar refractivity (Wildman–Crippen MR) is 167 cm³/mol. The van der Waals surface area contributed by atoms with E-state index >= 15 is 0 Å². The quantitative estimate of drug-likeness (QED) is 0.125. The molecule has 0 bridgehead atoms. The second-order valence-electron chi connectivity index (χ2n) is 11.8. The van der Waals surface area contributed by atoms with Gasteiger partial charge in [0.1, 0.15) is 30.2 Å². The van der Waals surface area contributed by atoms with Gasteiger partial charge < -0.3 is 20.7 Å². The van der Waals surface area contributed by atoms with Crippen LogP contribution in [0.3, 0.4) is 0 Å². The van der Waals surface area contributed by atoms with Gasteiger partial charge in [0.2, 0.25) is 5.91 Å². The molecule has 3 heterocycles. The van der Waals surface area contributed by atoms with Gasteiger partial charge in [0.05, 0.1) is 12.9 Å². The fourth-order valence-corrected chi connectivity index (χ4v) is 6.29. The summed E-state index contributed by atoms with van der Waals surface area (Å²) >= 11 is 0. The summed E-state index contributed by atoms with van der Waals surface area (Å²) in [5.74, 6) is -0.516. The first kappa shape index (κ1) is 36.1. The van der Waals surface area contributed by atoms with Crippen molar-refractivity contribution >= 4 is 33.2 Å². The molecule has 1 aliphatic rings. The van der Waals surface area contributed by atoms with E-state index in [1.165, 1.54) is 101 Å². The number of ether oxygens (including phenoxy) is 1. The second kappa shape index (κ2) is 19.2. The average molecular weight is 641 g/mol. The number of nitrogens with one attached hydrogen (secondary N) is 1. The van der Waals surface area contributed by atoms with Gasteiger partial charge >= 0.3 is 10.3 Å². The van der Waals surface area contributed by atoms with Crippen LogP contribution in [-0.2, 0) is 24.0 Å². The predicted octanol–water partition coefficient (Wildman–Crippen LogP) is 4.45. The maximum Gasteiger partial charge on any atom is 0.362 e. The van der Waals surface area contributed by atoms with Crippen molar-refractivity contribution < 1.29 is 32.3 Å². The average Bonchev–Trinajstić information content (AvgIpc) is 3.54. The maximum atomic E-state index is 12.3. The molecule has 44 heavy (non-hydrogen) atoms. The highest BCUT2D eigenvalue weighted by Crippen LogP contribution is 2.32. The SMILES string of the molecule is CCCCCCCCCCCCCCCCCCCC(=O)NS(=O)(=O)OC[C@H]1O[C@@H](n2cnc3c(N)ncnc32)[C@H](O)[C@@H]1O. The molecule has 0 aliphatic carbocycles. The van der Waals surface area contributed by atoms with Crippen LogP contribution in [0.15, 0.2) is 12.7 Å². The number of aliphatic hydroxyl groups excluding tert-OH is 2. The lowest BCUT2D eigenvalue weighted by Crippen LogP contribution is -2.37. The number of hydrogen-bond acceptors (Lipinski definition) is 11. The highest BCUT2D eigenvalue weighted by molar-refractivity contribution is 7.85. The zero-order valence-corrected chi connectivity index (χ0v) is 26.9. The molecule has 0 spiro atoms. The zero-order valence-electron chi connectivity index (χ0n) is 26.1. The number of nitrogens with two attached hydrogens (primary N) is 1. The third kappa shape index (κ3) is 11.8. The highest BCUT2D eigenvalue weighted by atomic mass is 32.2. The maximum absolute atomic E-state index is 12.3. The topological polar surface area (TPSA) is 192 Å². The van der Waals surface area contributed by atoms with Crippen LogP contribution in [0.4, 0.5) is 5.82 Å². The van der Waals surface area contributed by atoms with Gasteiger partial charge in [-0.25, -0.2) is 19.7 Å². The Morgan fingerprint density at radius 2 is 1.43 bits per heavy atom. The molecular formula is C30H52N6O7S. The molecule has 2 aromatic heterocycles. The van der Waals surface area contributed by atoms with E-state index in [-0.39, 0.29) is 17.9 Å². The standard InChI is InChI=1S/C30H52N6O7S/c1-2-3-4-5-6-7-8-9-10-11-12-13-14-15-16-17-18-19-24(37)35-44(40,41)42-20-23-26(38)27(39)30(43-23)36-22-34-25-28(31)32-21-33-29(25)36/h21-23,26-27,30,38-39H,2-20H2,1H3,(H,35,37)(H2,31,32,33)/t23-,26-,27-,30-/m1/s1. The summed E-state index contributed by atoms with van der Waals surface area (Å²) < 4.78 is 38.4. The number of aromatic nitrogens is 4. The lowest BCUT2D eigenvalue weighted by Gasteiger charge is -2.16. The van der Waals surface area contributed by atoms with Crippen LogP contribution in [0.2, 0.25) is 0 Å². The Hall–Kier alpha value is -2.39. The van der Waals surface area contributed by atoms with E-state index in [4.69, 9.17) is 14.7 Å². The van der Waals surface area contributed by atoms with Gasteiger partial charge in [-0.05, 0) is 6.42 Å². The van der Waals surface area contributed by atoms with Gasteiger partial charge in [-0.1, -0.05) is 110 Å². The van der Waals surface area contributed by atoms with Crippen LogP contribution in [-0.4, -0.2) is 69.0 Å². The van der Waals surface area contributed by atoms with E-state index in [1.54, 1.807) is 0 Å². The van der Waals surface area contributed by atoms with Gasteiger partial charge in [0.15, 0.2) is 17.7 Å². The Kier molecular flexibility index (Phi) is 15.7. The monoisotopic (exact) mass is 640 g/mol. The van der Waals surface area contributed by atoms with Crippen molar-refractivity contribution in [3.63, 3.8) is 0 Å². The molecule has 13 nitrogen and oxygen atoms in total. The normalized spacial score (nSPS) is 20.4. The van der Waals surface area contributed by atoms with Crippen LogP contribution < -0.4 is 10.5 Å². The molecule has 1 amide bonds. The summed E-state index contributed by atoms with van der Waals surface area (Å²) in [6.07, 6.45) is 18.3. The van der Waals surface area contributed by atoms with Crippen molar-refractivity contribution in [3.8, 4) is 0 Å². The van der Waals surface area contributed by atoms with Gasteiger partial charge in [0.25, 0.3) is 0 Å². The zero-order chi connectivity index (χ0) is 31.8. The Morgan fingerprint density at radius 1 is 0.886 bits per heavy atom. The molecule has 0 radical (unpaired) electrons. The summed E-state index contributed by atoms with van der Waals surface area (Å²) in [5, 5.41) is 20.9. The molecule has 1 aliphatic heterocycles. The Balaban J connectivity index is 1.21. The van der Waals surface area contributed by atoms with Crippen molar-refractivity contribution in [3.05, 3.63) is 12.7 Å². The van der Waals surface area contributed by atoms with Crippen molar-refractivity contribution in [2.24, 2.45) is 0 Å². The van der Waals surface area contributed by atoms with E-state index in [0.717, 1.165) is 19.3 Å². The van der Waals surface area contributed by atoms with E-state index in [9.17, 15) is 23.4 Å². The molecule has 4 atom stereocenters. The van der Waals surface area contributed by atoms with Crippen LogP contribution in [0.1, 0.15) is 129 Å². The van der Waals surface area contributed by atoms with Gasteiger partial charge in [-0.15, -0.1) is 0 Å². The van der Waals surface area contributed by atoms with E-state index in [2.05, 4.69) is 21.9 Å². The summed E-state index contributed by atoms with van der Waals surface area (Å²) in [7, 11) is -4.42. The minimum atomic E-state index is -4.42. The number of aliphatic hydroxyl groups is 2. The molecule has 1 saturated heterocycles. The fraction of sp³-hybridized carbons (Fsp3) is 0.800. The van der Waals surface area contributed by atoms with E-state index < -0.39 is 47.4 Å². The summed E-state index contributed by atoms with van der Waals surface area (Å²) in [6, 6.07) is 0. The first-order valence-electron chi connectivity index (χ1n) is 16.4. The number of carbonyl (C=O) groups is 1. The highest BCUT2D eigenvalue weighted by Gasteiger charge is 2.45. The van der Waals surface area contributed by atoms with Crippen LogP contribution in [0.25, 0.3) is 11.2 Å². The number of nitrogens with zero attached hydrogens (tertiary/aromatic N) is 4. The number of nitrogen functional groups attached to an aromatic ring is 1. The Bertz CT molecular complexity index is 1230. The fourth-order valence-electron chi connectivity index (χ4n) is 5.54. The van der Waals surface area contributed by atoms with E-state index in [0.29, 0.717) is 11.9 Å². The molecule has 3 rings (SSSR count). The Morgan fingerprint density at radius 3 is 2.00 bits per heavy atom. The number of unbranched alkanes of at least 4 members (excludes halogenated alkanes) is 16. The molecule has 0 aromatic carbocycles. The minimum absolute atomic E-state index is 0.0726. The third-order valence-corrected chi connectivity index (χ3v) is 9.06. The number of anilines is 1. The third-order valence-electron chi connectivity index (χ3n) is 8.13. The minimum Gasteiger partial charge on any atom is -0.387 e. The number of carbonyl (C=O) groups excluding carboxylic acids is 1. The molecule has 5 N–H and O–H groups in total. The summed E-state index contributed by atoms with van der Waals surface area (Å²) in [5.41, 5.74) is 6.36. The molecule has 0 saturated carbocycles. The first-order valence-corrected chi connectivity index (χ1v) is 17.8. The molecule has 0 unspecified atom stereocenters. The number of rotatable bonds is 23. The molecular weight excluding hydrogens is 588 g/mol. The number of imidazole rings is 1. The van der Waals surface area contributed by atoms with Crippen LogP contribution in [0, 0.1) is 0 Å². The smallest absolute Gasteiger partial charge is 0.362 e. The Labute approximate surface area is 261 Å².